The van der Waals surface area contributed by atoms with E-state index < -0.39 is 28.1 Å². The van der Waals surface area contributed by atoms with Gasteiger partial charge in [0.25, 0.3) is 0 Å². The van der Waals surface area contributed by atoms with Gasteiger partial charge in [0.05, 0.1) is 40.4 Å². The number of phenols is 1. The van der Waals surface area contributed by atoms with Gasteiger partial charge in [-0.3, -0.25) is 4.79 Å². The number of likely N-dealkylation sites (tertiary alicyclic amines) is 1. The van der Waals surface area contributed by atoms with Crippen LogP contribution in [0.1, 0.15) is 24.0 Å². The number of halogens is 1. The number of urea groups is 1. The Morgan fingerprint density at radius 2 is 1.65 bits per heavy atom. The Bertz CT molecular complexity index is 1960. The highest BCUT2D eigenvalue weighted by Crippen LogP contribution is 2.32. The van der Waals surface area contributed by atoms with Crippen LogP contribution in [0.3, 0.4) is 0 Å². The number of primary amides is 1. The summed E-state index contributed by atoms with van der Waals surface area (Å²) in [5.74, 6) is 0.724. The van der Waals surface area contributed by atoms with Crippen LogP contribution in [0.4, 0.5) is 10.5 Å². The molecule has 1 aliphatic heterocycles. The molecule has 4 aromatic carbocycles. The molecular weight excluding hydrogens is 740 g/mol. The lowest BCUT2D eigenvalue weighted by molar-refractivity contribution is -0.928. The number of nitrogens with one attached hydrogen (secondary N) is 1. The van der Waals surface area contributed by atoms with Crippen molar-refractivity contribution in [3.63, 3.8) is 0 Å². The Hall–Kier alpha value is -4.79. The van der Waals surface area contributed by atoms with Gasteiger partial charge in [-0.25, -0.2) is 4.79 Å². The number of quaternary nitrogens is 1. The number of hydrogen-bond acceptors (Lipinski definition) is 8. The van der Waals surface area contributed by atoms with Crippen LogP contribution < -0.4 is 24.7 Å². The van der Waals surface area contributed by atoms with Crippen LogP contribution in [-0.4, -0.2) is 81.3 Å². The maximum Gasteiger partial charge on any atom is 0.340 e. The number of nitrogens with two attached hydrogens (primary N) is 1. The molecule has 12 nitrogen and oxygen atoms in total. The van der Waals surface area contributed by atoms with E-state index in [4.69, 9.17) is 19.4 Å². The van der Waals surface area contributed by atoms with Crippen LogP contribution in [0, 0.1) is 0 Å². The lowest BCUT2D eigenvalue weighted by atomic mass is 9.96. The number of phenolic OH excluding ortho intramolecular Hbond substituents is 1. The summed E-state index contributed by atoms with van der Waals surface area (Å²) in [5, 5.41) is 12.7. The largest absolute Gasteiger partial charge is 0.508 e. The van der Waals surface area contributed by atoms with E-state index in [-0.39, 0.29) is 28.9 Å². The minimum atomic E-state index is -4.13. The monoisotopic (exact) mass is 781 g/mol. The quantitative estimate of drug-likeness (QED) is 0.116. The number of likely N-dealkylation sites (N-methyl/N-ethyl adjacent to an activating group) is 1. The first-order valence-electron chi connectivity index (χ1n) is 16.3. The Kier molecular flexibility index (Phi) is 11.8. The van der Waals surface area contributed by atoms with Crippen molar-refractivity contribution in [2.75, 3.05) is 39.7 Å². The summed E-state index contributed by atoms with van der Waals surface area (Å²) in [4.78, 5) is 28.9. The molecule has 1 unspecified atom stereocenters. The zero-order chi connectivity index (χ0) is 36.8. The van der Waals surface area contributed by atoms with Crippen molar-refractivity contribution in [3.05, 3.63) is 107 Å². The normalized spacial score (nSPS) is 17.9. The Morgan fingerprint density at radius 3 is 2.29 bits per heavy atom. The summed E-state index contributed by atoms with van der Waals surface area (Å²) in [7, 11) is 1.18. The summed E-state index contributed by atoms with van der Waals surface area (Å²) in [5.41, 5.74) is 8.14. The second-order valence-electron chi connectivity index (χ2n) is 12.8. The third kappa shape index (κ3) is 9.31. The summed E-state index contributed by atoms with van der Waals surface area (Å²) in [6.07, 6.45) is 1.58. The zero-order valence-corrected chi connectivity index (χ0v) is 31.0. The second-order valence-corrected chi connectivity index (χ2v) is 15.2. The fourth-order valence-electron chi connectivity index (χ4n) is 6.54. The number of anilines is 1. The van der Waals surface area contributed by atoms with E-state index in [0.717, 1.165) is 24.1 Å². The van der Waals surface area contributed by atoms with Gasteiger partial charge in [-0.1, -0.05) is 24.3 Å². The number of ether oxygens (including phenoxy) is 2. The highest BCUT2D eigenvalue weighted by atomic mass is 79.9. The van der Waals surface area contributed by atoms with Crippen molar-refractivity contribution in [2.24, 2.45) is 5.73 Å². The molecule has 3 amide bonds. The van der Waals surface area contributed by atoms with Crippen LogP contribution in [0.5, 0.6) is 23.0 Å². The van der Waals surface area contributed by atoms with Gasteiger partial charge >= 0.3 is 16.1 Å². The lowest BCUT2D eigenvalue weighted by Crippen LogP contribution is -2.62. The molecule has 0 saturated carbocycles. The van der Waals surface area contributed by atoms with Gasteiger partial charge < -0.3 is 39.2 Å². The number of carbonyl (C=O) groups excluding carboxylic acids is 2. The highest BCUT2D eigenvalue weighted by molar-refractivity contribution is 9.10. The number of benzene rings is 4. The number of hydrogen-bond donors (Lipinski definition) is 3. The molecule has 0 bridgehead atoms. The van der Waals surface area contributed by atoms with Gasteiger partial charge in [0, 0.05) is 22.1 Å². The Labute approximate surface area is 306 Å². The Balaban J connectivity index is 1.40. The number of piperidine rings is 1. The fourth-order valence-corrected chi connectivity index (χ4v) is 8.43. The number of methoxy groups -OCH3 is 2. The van der Waals surface area contributed by atoms with E-state index in [1.165, 1.54) is 42.5 Å². The predicted molar refractivity (Wildman–Crippen MR) is 196 cm³/mol. The van der Waals surface area contributed by atoms with Crippen LogP contribution in [-0.2, 0) is 27.9 Å². The van der Waals surface area contributed by atoms with Crippen LogP contribution in [0.15, 0.2) is 100 Å². The zero-order valence-electron chi connectivity index (χ0n) is 28.6. The van der Waals surface area contributed by atoms with Crippen LogP contribution in [0.25, 0.3) is 0 Å². The number of nitrogens with zero attached hydrogens (tertiary/aromatic N) is 2. The molecule has 0 aliphatic carbocycles. The molecule has 3 atom stereocenters. The number of aromatic hydroxyl groups is 1. The van der Waals surface area contributed by atoms with Crippen molar-refractivity contribution in [1.82, 2.24) is 4.90 Å². The van der Waals surface area contributed by atoms with Gasteiger partial charge in [0.1, 0.15) is 29.0 Å². The van der Waals surface area contributed by atoms with E-state index in [0.29, 0.717) is 45.7 Å². The molecule has 5 rings (SSSR count). The second kappa shape index (κ2) is 16.0. The van der Waals surface area contributed by atoms with E-state index in [1.807, 2.05) is 18.2 Å². The molecule has 1 heterocycles. The number of rotatable bonds is 13. The summed E-state index contributed by atoms with van der Waals surface area (Å²) in [6, 6.07) is 22.6. The van der Waals surface area contributed by atoms with Crippen molar-refractivity contribution in [2.45, 2.75) is 42.8 Å². The minimum absolute atomic E-state index is 0.0202. The highest BCUT2D eigenvalue weighted by Gasteiger charge is 2.41. The lowest BCUT2D eigenvalue weighted by Gasteiger charge is -2.46. The third-order valence-corrected chi connectivity index (χ3v) is 11.2. The summed E-state index contributed by atoms with van der Waals surface area (Å²) in [6.45, 7) is 2.04. The van der Waals surface area contributed by atoms with Gasteiger partial charge in [0.15, 0.2) is 11.5 Å². The molecule has 1 saturated heterocycles. The molecule has 4 N–H and O–H groups in total. The van der Waals surface area contributed by atoms with E-state index in [9.17, 15) is 23.1 Å². The smallest absolute Gasteiger partial charge is 0.340 e. The minimum Gasteiger partial charge on any atom is -0.508 e. The van der Waals surface area contributed by atoms with E-state index in [2.05, 4.69) is 28.3 Å². The molecule has 4 aromatic rings. The standard InChI is InChI=1S/C37H41BrN4O8S/c1-42(23-26-12-19-33(48-2)34(22-26)49-3)20-6-7-28(24-42)41(32(36(39)44)21-25-10-15-29(43)16-11-25)37(45)40-27-13-17-30(18-14-27)50-51(46,47)35-9-5-4-8-31(35)38/h4-5,8-19,22,28,32H,6-7,20-21,23-24H2,1-3H3,(H3-,39,40,43,44,45)/p+1/t28-,32-,42?/m0/s1. The first kappa shape index (κ1) is 37.5. The topological polar surface area (TPSA) is 157 Å². The molecule has 51 heavy (non-hydrogen) atoms. The molecule has 0 aromatic heterocycles. The van der Waals surface area contributed by atoms with Crippen molar-refractivity contribution in [1.29, 1.82) is 0 Å². The van der Waals surface area contributed by atoms with E-state index >= 15 is 0 Å². The number of carbonyl (C=O) groups is 2. The first-order valence-corrected chi connectivity index (χ1v) is 18.5. The molecule has 0 radical (unpaired) electrons. The third-order valence-electron chi connectivity index (χ3n) is 8.97. The molecule has 0 spiro atoms. The summed E-state index contributed by atoms with van der Waals surface area (Å²) >= 11 is 3.24. The molecule has 1 aliphatic rings. The molecule has 1 fully saturated rings. The van der Waals surface area contributed by atoms with Crippen molar-refractivity contribution >= 4 is 43.7 Å². The SMILES string of the molecule is COc1ccc(C[N+]2(C)CCC[C@H](N(C(=O)Nc3ccc(OS(=O)(=O)c4ccccc4Br)cc3)[C@@H](Cc3ccc(O)cc3)C(N)=O)C2)cc1OC. The van der Waals surface area contributed by atoms with Crippen molar-refractivity contribution < 1.29 is 41.3 Å². The summed E-state index contributed by atoms with van der Waals surface area (Å²) < 4.78 is 43.0. The van der Waals surface area contributed by atoms with Crippen LogP contribution >= 0.6 is 15.9 Å². The predicted octanol–water partition coefficient (Wildman–Crippen LogP) is 5.68. The fraction of sp³-hybridized carbons (Fsp3) is 0.297. The van der Waals surface area contributed by atoms with Gasteiger partial charge in [-0.2, -0.15) is 8.42 Å². The van der Waals surface area contributed by atoms with Gasteiger partial charge in [0.2, 0.25) is 5.91 Å². The molecular formula is C37H42BrN4O8S+. The van der Waals surface area contributed by atoms with Crippen LogP contribution in [0.2, 0.25) is 0 Å². The average Bonchev–Trinajstić information content (AvgIpc) is 3.09. The average molecular weight is 783 g/mol. The first-order chi connectivity index (χ1) is 24.3. The number of amides is 3. The molecule has 14 heteroatoms. The maximum absolute atomic E-state index is 14.3. The molecule has 270 valence electrons. The van der Waals surface area contributed by atoms with Gasteiger partial charge in [-0.05, 0) is 101 Å². The van der Waals surface area contributed by atoms with E-state index in [1.54, 1.807) is 49.5 Å². The maximum atomic E-state index is 14.3. The van der Waals surface area contributed by atoms with Crippen molar-refractivity contribution in [3.8, 4) is 23.0 Å². The van der Waals surface area contributed by atoms with Gasteiger partial charge in [-0.15, -0.1) is 0 Å². The Morgan fingerprint density at radius 1 is 0.980 bits per heavy atom.